The summed E-state index contributed by atoms with van der Waals surface area (Å²) in [5, 5.41) is 12.5. The van der Waals surface area contributed by atoms with Crippen LogP contribution in [0.4, 0.5) is 0 Å². The van der Waals surface area contributed by atoms with Crippen LogP contribution < -0.4 is 0 Å². The van der Waals surface area contributed by atoms with E-state index in [1.807, 2.05) is 11.6 Å². The Morgan fingerprint density at radius 2 is 2.27 bits per heavy atom. The van der Waals surface area contributed by atoms with Crippen LogP contribution >= 0.6 is 11.8 Å². The third-order valence-electron chi connectivity index (χ3n) is 1.70. The van der Waals surface area contributed by atoms with Crippen molar-refractivity contribution in [1.82, 2.24) is 20.2 Å². The summed E-state index contributed by atoms with van der Waals surface area (Å²) in [5.74, 6) is 1.45. The van der Waals surface area contributed by atoms with Crippen molar-refractivity contribution in [2.45, 2.75) is 32.5 Å². The van der Waals surface area contributed by atoms with Gasteiger partial charge in [-0.25, -0.2) is 4.68 Å². The Morgan fingerprint density at radius 3 is 2.93 bits per heavy atom. The van der Waals surface area contributed by atoms with Crippen LogP contribution in [-0.2, 0) is 11.3 Å². The van der Waals surface area contributed by atoms with Crippen LogP contribution in [0.25, 0.3) is 0 Å². The topological polar surface area (TPSA) is 52.8 Å². The molecule has 0 atom stereocenters. The summed E-state index contributed by atoms with van der Waals surface area (Å²) in [6, 6.07) is 0. The van der Waals surface area contributed by atoms with E-state index in [2.05, 4.69) is 29.4 Å². The number of tetrazole rings is 1. The average Bonchev–Trinajstić information content (AvgIpc) is 2.59. The van der Waals surface area contributed by atoms with E-state index < -0.39 is 0 Å². The molecule has 6 heteroatoms. The van der Waals surface area contributed by atoms with E-state index in [4.69, 9.17) is 4.74 Å². The number of aromatic nitrogens is 4. The van der Waals surface area contributed by atoms with Crippen molar-refractivity contribution in [1.29, 1.82) is 0 Å². The van der Waals surface area contributed by atoms with Gasteiger partial charge in [-0.2, -0.15) is 0 Å². The zero-order valence-corrected chi connectivity index (χ0v) is 10.3. The van der Waals surface area contributed by atoms with Gasteiger partial charge in [-0.3, -0.25) is 0 Å². The number of rotatable bonds is 7. The lowest BCUT2D eigenvalue weighted by Crippen LogP contribution is -2.08. The maximum atomic E-state index is 5.25. The van der Waals surface area contributed by atoms with Gasteiger partial charge >= 0.3 is 0 Å². The van der Waals surface area contributed by atoms with E-state index in [1.54, 1.807) is 11.8 Å². The fourth-order valence-corrected chi connectivity index (χ4v) is 1.83. The van der Waals surface area contributed by atoms with Crippen molar-refractivity contribution in [3.05, 3.63) is 0 Å². The summed E-state index contributed by atoms with van der Waals surface area (Å²) in [7, 11) is 0. The normalized spacial score (nSPS) is 11.2. The van der Waals surface area contributed by atoms with E-state index in [-0.39, 0.29) is 0 Å². The molecule has 0 spiro atoms. The zero-order valence-electron chi connectivity index (χ0n) is 9.51. The third kappa shape index (κ3) is 4.61. The molecule has 1 heterocycles. The quantitative estimate of drug-likeness (QED) is 0.524. The molecule has 0 radical (unpaired) electrons. The first-order valence-electron chi connectivity index (χ1n) is 5.20. The number of ether oxygens (including phenoxy) is 1. The first-order valence-corrected chi connectivity index (χ1v) is 6.19. The molecule has 15 heavy (non-hydrogen) atoms. The van der Waals surface area contributed by atoms with Crippen LogP contribution in [0.1, 0.15) is 20.8 Å². The van der Waals surface area contributed by atoms with E-state index in [9.17, 15) is 0 Å². The molecule has 1 aromatic rings. The Kier molecular flexibility index (Phi) is 5.63. The summed E-state index contributed by atoms with van der Waals surface area (Å²) < 4.78 is 7.10. The average molecular weight is 230 g/mol. The fourth-order valence-electron chi connectivity index (χ4n) is 1.10. The molecule has 1 aromatic heterocycles. The highest BCUT2D eigenvalue weighted by molar-refractivity contribution is 7.99. The minimum atomic E-state index is 0.555. The molecular weight excluding hydrogens is 212 g/mol. The maximum absolute atomic E-state index is 5.25. The molecule has 0 unspecified atom stereocenters. The fraction of sp³-hybridized carbons (Fsp3) is 0.889. The lowest BCUT2D eigenvalue weighted by molar-refractivity contribution is 0.164. The van der Waals surface area contributed by atoms with Crippen molar-refractivity contribution < 1.29 is 4.74 Å². The Hall–Kier alpha value is -0.620. The van der Waals surface area contributed by atoms with Gasteiger partial charge in [-0.15, -0.1) is 5.10 Å². The SMILES string of the molecule is CCOCCSc1nnnn1CC(C)C. The van der Waals surface area contributed by atoms with Crippen LogP contribution in [0.5, 0.6) is 0 Å². The standard InChI is InChI=1S/C9H18N4OS/c1-4-14-5-6-15-9-10-11-12-13(9)7-8(2)3/h8H,4-7H2,1-3H3. The van der Waals surface area contributed by atoms with Gasteiger partial charge in [0.05, 0.1) is 6.61 Å². The van der Waals surface area contributed by atoms with Gasteiger partial charge in [0.2, 0.25) is 5.16 Å². The van der Waals surface area contributed by atoms with Crippen LogP contribution in [0.2, 0.25) is 0 Å². The zero-order chi connectivity index (χ0) is 11.1. The van der Waals surface area contributed by atoms with Crippen molar-refractivity contribution in [2.24, 2.45) is 5.92 Å². The van der Waals surface area contributed by atoms with E-state index in [1.165, 1.54) is 0 Å². The number of thioether (sulfide) groups is 1. The number of hydrogen-bond donors (Lipinski definition) is 0. The Morgan fingerprint density at radius 1 is 1.47 bits per heavy atom. The van der Waals surface area contributed by atoms with Crippen LogP contribution in [0.3, 0.4) is 0 Å². The Balaban J connectivity index is 2.36. The summed E-state index contributed by atoms with van der Waals surface area (Å²) in [4.78, 5) is 0. The molecular formula is C9H18N4OS. The summed E-state index contributed by atoms with van der Waals surface area (Å²) >= 11 is 1.64. The van der Waals surface area contributed by atoms with Crippen molar-refractivity contribution in [3.63, 3.8) is 0 Å². The smallest absolute Gasteiger partial charge is 0.209 e. The van der Waals surface area contributed by atoms with E-state index >= 15 is 0 Å². The second-order valence-corrected chi connectivity index (χ2v) is 4.64. The van der Waals surface area contributed by atoms with Gasteiger partial charge in [-0.1, -0.05) is 25.6 Å². The highest BCUT2D eigenvalue weighted by Gasteiger charge is 2.07. The lowest BCUT2D eigenvalue weighted by Gasteiger charge is -2.06. The largest absolute Gasteiger partial charge is 0.381 e. The highest BCUT2D eigenvalue weighted by Crippen LogP contribution is 2.14. The monoisotopic (exact) mass is 230 g/mol. The number of nitrogens with zero attached hydrogens (tertiary/aromatic N) is 4. The van der Waals surface area contributed by atoms with Crippen LogP contribution in [0.15, 0.2) is 5.16 Å². The molecule has 0 aliphatic carbocycles. The maximum Gasteiger partial charge on any atom is 0.209 e. The molecule has 0 aliphatic heterocycles. The molecule has 0 amide bonds. The third-order valence-corrected chi connectivity index (χ3v) is 2.62. The van der Waals surface area contributed by atoms with Crippen LogP contribution in [0, 0.1) is 5.92 Å². The van der Waals surface area contributed by atoms with Gasteiger partial charge in [-0.05, 0) is 23.3 Å². The molecule has 5 nitrogen and oxygen atoms in total. The Bertz CT molecular complexity index is 277. The molecule has 0 saturated carbocycles. The minimum absolute atomic E-state index is 0.555. The predicted molar refractivity (Wildman–Crippen MR) is 59.9 cm³/mol. The molecule has 0 aliphatic rings. The molecule has 0 N–H and O–H groups in total. The number of hydrogen-bond acceptors (Lipinski definition) is 5. The summed E-state index contributed by atoms with van der Waals surface area (Å²) in [6.07, 6.45) is 0. The molecule has 0 saturated heterocycles. The summed E-state index contributed by atoms with van der Waals surface area (Å²) in [5.41, 5.74) is 0. The second kappa shape index (κ2) is 6.79. The molecule has 0 fully saturated rings. The highest BCUT2D eigenvalue weighted by atomic mass is 32.2. The molecule has 86 valence electrons. The first-order chi connectivity index (χ1) is 7.24. The lowest BCUT2D eigenvalue weighted by atomic mass is 10.2. The van der Waals surface area contributed by atoms with E-state index in [0.717, 1.165) is 30.7 Å². The second-order valence-electron chi connectivity index (χ2n) is 3.58. The van der Waals surface area contributed by atoms with Gasteiger partial charge in [0.25, 0.3) is 0 Å². The van der Waals surface area contributed by atoms with Crippen LogP contribution in [-0.4, -0.2) is 39.2 Å². The van der Waals surface area contributed by atoms with E-state index in [0.29, 0.717) is 5.92 Å². The van der Waals surface area contributed by atoms with Crippen molar-refractivity contribution >= 4 is 11.8 Å². The van der Waals surface area contributed by atoms with Gasteiger partial charge in [0, 0.05) is 18.9 Å². The van der Waals surface area contributed by atoms with Gasteiger partial charge < -0.3 is 4.74 Å². The summed E-state index contributed by atoms with van der Waals surface area (Å²) in [6.45, 7) is 8.66. The molecule has 0 aromatic carbocycles. The van der Waals surface area contributed by atoms with Crippen molar-refractivity contribution in [3.8, 4) is 0 Å². The first kappa shape index (κ1) is 12.4. The minimum Gasteiger partial charge on any atom is -0.381 e. The van der Waals surface area contributed by atoms with Gasteiger partial charge in [0.1, 0.15) is 0 Å². The predicted octanol–water partition coefficient (Wildman–Crippen LogP) is 1.46. The van der Waals surface area contributed by atoms with Gasteiger partial charge in [0.15, 0.2) is 0 Å². The molecule has 1 rings (SSSR count). The Labute approximate surface area is 94.6 Å². The van der Waals surface area contributed by atoms with Crippen molar-refractivity contribution in [2.75, 3.05) is 19.0 Å². The molecule has 0 bridgehead atoms.